The molecule has 4 amide bonds. The second kappa shape index (κ2) is 30.9. The van der Waals surface area contributed by atoms with Crippen molar-refractivity contribution >= 4 is 74.1 Å². The Labute approximate surface area is 517 Å². The first-order chi connectivity index (χ1) is 41.8. The highest BCUT2D eigenvalue weighted by atomic mass is 32.2. The lowest BCUT2D eigenvalue weighted by Gasteiger charge is -2.29. The predicted octanol–water partition coefficient (Wildman–Crippen LogP) is 6.75. The molecular weight excluding hydrogens is 1170 g/mol. The number of ether oxygens (including phenoxy) is 5. The fourth-order valence-corrected chi connectivity index (χ4v) is 11.8. The summed E-state index contributed by atoms with van der Waals surface area (Å²) in [5.41, 5.74) is 3.70. The number of carbonyl (C=O) groups excluding carboxylic acids is 6. The normalized spacial score (nSPS) is 13.7. The maximum atomic E-state index is 14.1. The molecule has 25 heteroatoms. The van der Waals surface area contributed by atoms with Gasteiger partial charge in [0, 0.05) is 89.2 Å². The average Bonchev–Trinajstić information content (AvgIpc) is 2.09. The highest BCUT2D eigenvalue weighted by Gasteiger charge is 2.39. The summed E-state index contributed by atoms with van der Waals surface area (Å²) >= 11 is 1.68. The van der Waals surface area contributed by atoms with Gasteiger partial charge in [-0.25, -0.2) is 33.0 Å². The van der Waals surface area contributed by atoms with Gasteiger partial charge >= 0.3 is 12.1 Å². The van der Waals surface area contributed by atoms with E-state index in [1.54, 1.807) is 68.3 Å². The summed E-state index contributed by atoms with van der Waals surface area (Å²) in [6, 6.07) is 15.0. The van der Waals surface area contributed by atoms with Crippen LogP contribution < -0.4 is 26.8 Å². The number of unbranched alkanes of at least 4 members (excludes halogenated alkanes) is 1. The van der Waals surface area contributed by atoms with Gasteiger partial charge < -0.3 is 49.5 Å². The number of para-hydroxylation sites is 1. The molecule has 0 fully saturated rings. The highest BCUT2D eigenvalue weighted by molar-refractivity contribution is 7.99. The first-order valence-electron chi connectivity index (χ1n) is 29.3. The number of rotatable bonds is 30. The quantitative estimate of drug-likeness (QED) is 0.0119. The molecule has 1 atom stereocenters. The third kappa shape index (κ3) is 19.4. The monoisotopic (exact) mass is 1250 g/mol. The number of cyclic esters (lactones) is 1. The summed E-state index contributed by atoms with van der Waals surface area (Å²) in [5.74, 6) is 3.60. The van der Waals surface area contributed by atoms with E-state index in [-0.39, 0.29) is 61.3 Å². The molecule has 2 aromatic carbocycles. The number of hydrogen-bond acceptors (Lipinski definition) is 18. The first-order valence-corrected chi connectivity index (χ1v) is 32.0. The number of esters is 1. The Balaban J connectivity index is 0.769. The lowest BCUT2D eigenvalue weighted by atomic mass is 9.93. The van der Waals surface area contributed by atoms with E-state index in [0.29, 0.717) is 78.8 Å². The summed E-state index contributed by atoms with van der Waals surface area (Å²) in [7, 11) is -3.52. The van der Waals surface area contributed by atoms with Crippen molar-refractivity contribution in [2.45, 2.75) is 136 Å². The minimum atomic E-state index is -3.52. The van der Waals surface area contributed by atoms with Crippen molar-refractivity contribution in [3.05, 3.63) is 111 Å². The average molecular weight is 1250 g/mol. The summed E-state index contributed by atoms with van der Waals surface area (Å²) in [6.07, 6.45) is 5.81. The third-order valence-corrected chi connectivity index (χ3v) is 17.4. The largest absolute Gasteiger partial charge is 0.509 e. The van der Waals surface area contributed by atoms with Crippen molar-refractivity contribution < 1.29 is 60.9 Å². The molecule has 88 heavy (non-hydrogen) atoms. The van der Waals surface area contributed by atoms with E-state index in [9.17, 15) is 42.0 Å². The molecule has 0 bridgehead atoms. The summed E-state index contributed by atoms with van der Waals surface area (Å²) in [6.45, 7) is 15.6. The van der Waals surface area contributed by atoms with Crippen molar-refractivity contribution in [1.82, 2.24) is 39.8 Å². The van der Waals surface area contributed by atoms with E-state index in [2.05, 4.69) is 56.9 Å². The number of aromatic nitrogens is 4. The molecule has 5 aromatic rings. The van der Waals surface area contributed by atoms with Crippen molar-refractivity contribution in [2.75, 3.05) is 64.2 Å². The number of nitrogens with zero attached hydrogens (tertiary/aromatic N) is 5. The van der Waals surface area contributed by atoms with Crippen LogP contribution in [0.1, 0.15) is 127 Å². The number of nitrogens with one attached hydrogen (secondary N) is 4. The second-order valence-corrected chi connectivity index (χ2v) is 26.7. The Bertz CT molecular complexity index is 3580. The van der Waals surface area contributed by atoms with Gasteiger partial charge in [0.2, 0.25) is 39.8 Å². The molecule has 0 radical (unpaired) electrons. The number of fused-ring (bicyclic) bond motifs is 5. The lowest BCUT2D eigenvalue weighted by molar-refractivity contribution is -0.159. The maximum absolute atomic E-state index is 14.1. The number of pyridine rings is 2. The maximum Gasteiger partial charge on any atom is 0.509 e. The van der Waals surface area contributed by atoms with Gasteiger partial charge in [-0.05, 0) is 74.9 Å². The van der Waals surface area contributed by atoms with Gasteiger partial charge in [-0.2, -0.15) is 4.31 Å². The van der Waals surface area contributed by atoms with Crippen LogP contribution in [-0.2, 0) is 83.9 Å². The van der Waals surface area contributed by atoms with Crippen LogP contribution in [0.5, 0.6) is 0 Å². The fraction of sp³-hybridized carbons (Fsp3) is 0.492. The zero-order chi connectivity index (χ0) is 63.8. The minimum absolute atomic E-state index is 0.0598. The van der Waals surface area contributed by atoms with E-state index < -0.39 is 76.7 Å². The van der Waals surface area contributed by atoms with Crippen molar-refractivity contribution in [1.29, 1.82) is 0 Å². The number of benzene rings is 2. The molecule has 472 valence electrons. The molecular formula is C63H79N9O14S2. The lowest BCUT2D eigenvalue weighted by Crippen LogP contribution is -2.41. The Kier molecular flexibility index (Phi) is 23.8. The predicted molar refractivity (Wildman–Crippen MR) is 331 cm³/mol. The van der Waals surface area contributed by atoms with E-state index in [1.807, 2.05) is 52.0 Å². The Morgan fingerprint density at radius 2 is 1.52 bits per heavy atom. The molecule has 4 N–H and O–H groups in total. The minimum Gasteiger partial charge on any atom is -0.458 e. The summed E-state index contributed by atoms with van der Waals surface area (Å²) < 4.78 is 55.7. The summed E-state index contributed by atoms with van der Waals surface area (Å²) in [4.78, 5) is 104. The Morgan fingerprint density at radius 3 is 2.18 bits per heavy atom. The number of sulfonamides is 1. The standard InChI is InChI=1S/C63H79N9O14S2/c1-10-44(11-2)87-60-65-28-42(29-66-60)17-13-12-14-20-52(73)67-36-62(5,6)38-83-39-63(7,8)37-68-55(76)35-82-34-54(75)64-30-53(74)69-43-23-21-41(22-24-43)32-85-61(79)86-57-47-27-51-56-48(31-71(51)58(77)49(47)33-84-59(57)78)45(46-18-15-16-19-50(46)70-56)25-26-72(40(3)4)88(9,80)81/h15-16,18-19,21-24,27-29,40,44,57H,10-12,14,20,25-26,30-39H2,1-9H3,(H,64,75)(H,67,73)(H,68,76)(H,69,74)/t57-/m0/s1. The van der Waals surface area contributed by atoms with Gasteiger partial charge in [0.25, 0.3) is 5.56 Å². The SMILES string of the molecule is CCC(CC)Sc1ncc(C#CCCCC(=O)NCC(C)(C)COCC(C)(C)CNC(=O)COCC(=O)NCC(=O)Nc2ccc(COC(=O)O[C@@H]3C(=O)OCc4c3cc3n(c4=O)Cc4c-3nc3ccccc3c4CCN(C(C)C)S(C)(=O)=O)cc2)cn1. The molecule has 0 unspecified atom stereocenters. The molecule has 5 heterocycles. The zero-order valence-electron chi connectivity index (χ0n) is 51.4. The molecule has 0 saturated carbocycles. The van der Waals surface area contributed by atoms with Crippen LogP contribution in [0, 0.1) is 22.7 Å². The van der Waals surface area contributed by atoms with Gasteiger partial charge in [-0.1, -0.05) is 95.5 Å². The molecule has 2 aliphatic rings. The number of anilines is 1. The zero-order valence-corrected chi connectivity index (χ0v) is 53.0. The van der Waals surface area contributed by atoms with Crippen LogP contribution in [0.4, 0.5) is 10.5 Å². The molecule has 7 rings (SSSR count). The van der Waals surface area contributed by atoms with Crippen LogP contribution >= 0.6 is 11.8 Å². The smallest absolute Gasteiger partial charge is 0.458 e. The van der Waals surface area contributed by atoms with Gasteiger partial charge in [0.05, 0.1) is 60.6 Å². The van der Waals surface area contributed by atoms with Crippen LogP contribution in [0.25, 0.3) is 22.3 Å². The van der Waals surface area contributed by atoms with Crippen LogP contribution in [0.2, 0.25) is 0 Å². The van der Waals surface area contributed by atoms with Crippen molar-refractivity contribution in [3.8, 4) is 23.2 Å². The van der Waals surface area contributed by atoms with Gasteiger partial charge in [0.1, 0.15) is 26.4 Å². The Hall–Kier alpha value is -7.76. The molecule has 0 aliphatic carbocycles. The second-order valence-electron chi connectivity index (χ2n) is 23.5. The first kappa shape index (κ1) is 67.7. The summed E-state index contributed by atoms with van der Waals surface area (Å²) in [5, 5.41) is 12.9. The van der Waals surface area contributed by atoms with Gasteiger partial charge in [0.15, 0.2) is 5.16 Å². The fourth-order valence-electron chi connectivity index (χ4n) is 9.77. The van der Waals surface area contributed by atoms with E-state index in [1.165, 1.54) is 15.1 Å². The molecule has 0 spiro atoms. The van der Waals surface area contributed by atoms with Gasteiger partial charge in [-0.15, -0.1) is 0 Å². The van der Waals surface area contributed by atoms with Crippen molar-refractivity contribution in [3.63, 3.8) is 0 Å². The number of amides is 4. The van der Waals surface area contributed by atoms with E-state index in [4.69, 9.17) is 28.7 Å². The Morgan fingerprint density at radius 1 is 0.864 bits per heavy atom. The number of hydrogen-bond donors (Lipinski definition) is 4. The molecule has 3 aromatic heterocycles. The topological polar surface area (TPSA) is 295 Å². The van der Waals surface area contributed by atoms with Crippen LogP contribution in [-0.4, -0.2) is 138 Å². The van der Waals surface area contributed by atoms with Crippen LogP contribution in [0.15, 0.2) is 76.9 Å². The molecule has 23 nitrogen and oxygen atoms in total. The highest BCUT2D eigenvalue weighted by Crippen LogP contribution is 2.39. The van der Waals surface area contributed by atoms with Crippen LogP contribution in [0.3, 0.4) is 0 Å². The van der Waals surface area contributed by atoms with Crippen molar-refractivity contribution in [2.24, 2.45) is 10.8 Å². The van der Waals surface area contributed by atoms with Gasteiger partial charge in [-0.3, -0.25) is 24.0 Å². The molecule has 0 saturated heterocycles. The van der Waals surface area contributed by atoms with E-state index in [0.717, 1.165) is 40.1 Å². The third-order valence-electron chi connectivity index (χ3n) is 14.5. The number of thioether (sulfide) groups is 1. The van der Waals surface area contributed by atoms with E-state index >= 15 is 0 Å². The number of carbonyl (C=O) groups is 6. The molecule has 2 aliphatic heterocycles.